The fraction of sp³-hybridized carbons (Fsp3) is 0.316. The molecule has 1 aliphatic heterocycles. The summed E-state index contributed by atoms with van der Waals surface area (Å²) in [5.41, 5.74) is 1.87. The van der Waals surface area contributed by atoms with E-state index in [2.05, 4.69) is 5.16 Å². The van der Waals surface area contributed by atoms with Crippen LogP contribution < -0.4 is 9.47 Å². The van der Waals surface area contributed by atoms with Crippen molar-refractivity contribution in [2.45, 2.75) is 11.1 Å². The lowest BCUT2D eigenvalue weighted by atomic mass is 10.2. The maximum absolute atomic E-state index is 13.2. The summed E-state index contributed by atoms with van der Waals surface area (Å²) in [7, 11) is -0.456. The predicted octanol–water partition coefficient (Wildman–Crippen LogP) is 3.42. The zero-order chi connectivity index (χ0) is 19.7. The summed E-state index contributed by atoms with van der Waals surface area (Å²) < 4.78 is 43.8. The Bertz CT molecular complexity index is 1100. The molecule has 0 spiro atoms. The van der Waals surface area contributed by atoms with Crippen LogP contribution in [0.3, 0.4) is 0 Å². The standard InChI is InChI=1S/C19H20N2O5S2/c1-24-17-8-7-13(11-18(17)25-2)19-21(9-10-27-19)28(22,23)12-15-14-5-3-4-6-16(14)26-20-15/h3-8,11,19H,9-10,12H2,1-2H3. The van der Waals surface area contributed by atoms with Gasteiger partial charge in [0.15, 0.2) is 17.1 Å². The quantitative estimate of drug-likeness (QED) is 0.604. The van der Waals surface area contributed by atoms with Crippen molar-refractivity contribution in [2.75, 3.05) is 26.5 Å². The molecule has 28 heavy (non-hydrogen) atoms. The number of fused-ring (bicyclic) bond motifs is 1. The lowest BCUT2D eigenvalue weighted by molar-refractivity contribution is 0.353. The third-order valence-electron chi connectivity index (χ3n) is 4.67. The lowest BCUT2D eigenvalue weighted by Gasteiger charge is -2.23. The van der Waals surface area contributed by atoms with Crippen molar-refractivity contribution in [1.82, 2.24) is 9.46 Å². The van der Waals surface area contributed by atoms with Gasteiger partial charge in [0.2, 0.25) is 10.0 Å². The molecule has 1 saturated heterocycles. The first kappa shape index (κ1) is 19.1. The number of ether oxygens (including phenoxy) is 2. The van der Waals surface area contributed by atoms with E-state index in [9.17, 15) is 8.42 Å². The van der Waals surface area contributed by atoms with Gasteiger partial charge in [0.05, 0.1) is 19.6 Å². The largest absolute Gasteiger partial charge is 0.493 e. The fourth-order valence-corrected chi connectivity index (χ4v) is 6.64. The van der Waals surface area contributed by atoms with Gasteiger partial charge in [-0.3, -0.25) is 0 Å². The van der Waals surface area contributed by atoms with E-state index in [-0.39, 0.29) is 11.1 Å². The average molecular weight is 421 g/mol. The Morgan fingerprint density at radius 1 is 1.18 bits per heavy atom. The van der Waals surface area contributed by atoms with Crippen LogP contribution in [0.15, 0.2) is 47.0 Å². The Morgan fingerprint density at radius 3 is 2.75 bits per heavy atom. The third kappa shape index (κ3) is 3.45. The Hall–Kier alpha value is -2.23. The molecule has 0 N–H and O–H groups in total. The molecule has 0 amide bonds. The molecule has 1 aromatic heterocycles. The fourth-order valence-electron chi connectivity index (χ4n) is 3.31. The first-order valence-corrected chi connectivity index (χ1v) is 11.4. The van der Waals surface area contributed by atoms with Crippen LogP contribution in [0.2, 0.25) is 0 Å². The van der Waals surface area contributed by atoms with Crippen LogP contribution in [0.5, 0.6) is 11.5 Å². The zero-order valence-corrected chi connectivity index (χ0v) is 17.1. The van der Waals surface area contributed by atoms with Gasteiger partial charge < -0.3 is 14.0 Å². The van der Waals surface area contributed by atoms with Crippen molar-refractivity contribution in [3.05, 3.63) is 53.7 Å². The van der Waals surface area contributed by atoms with Crippen LogP contribution in [0.1, 0.15) is 16.6 Å². The maximum Gasteiger partial charge on any atom is 0.221 e. The maximum atomic E-state index is 13.2. The van der Waals surface area contributed by atoms with E-state index in [1.165, 1.54) is 4.31 Å². The van der Waals surface area contributed by atoms with Crippen LogP contribution >= 0.6 is 11.8 Å². The second-order valence-electron chi connectivity index (χ2n) is 6.33. The lowest BCUT2D eigenvalue weighted by Crippen LogP contribution is -2.31. The Morgan fingerprint density at radius 2 is 1.96 bits per heavy atom. The van der Waals surface area contributed by atoms with Gasteiger partial charge >= 0.3 is 0 Å². The van der Waals surface area contributed by atoms with Crippen molar-refractivity contribution in [1.29, 1.82) is 0 Å². The normalized spacial score (nSPS) is 17.9. The van der Waals surface area contributed by atoms with Gasteiger partial charge in [0.1, 0.15) is 11.4 Å². The van der Waals surface area contributed by atoms with E-state index in [1.807, 2.05) is 30.3 Å². The van der Waals surface area contributed by atoms with Crippen LogP contribution in [0.4, 0.5) is 0 Å². The molecule has 0 bridgehead atoms. The van der Waals surface area contributed by atoms with Crippen LogP contribution in [0, 0.1) is 0 Å². The van der Waals surface area contributed by atoms with Crippen molar-refractivity contribution in [3.63, 3.8) is 0 Å². The smallest absolute Gasteiger partial charge is 0.221 e. The molecule has 1 aliphatic rings. The van der Waals surface area contributed by atoms with E-state index in [1.54, 1.807) is 38.1 Å². The summed E-state index contributed by atoms with van der Waals surface area (Å²) in [6, 6.07) is 12.8. The summed E-state index contributed by atoms with van der Waals surface area (Å²) in [5, 5.41) is 4.38. The third-order valence-corrected chi connectivity index (χ3v) is 7.81. The van der Waals surface area contributed by atoms with E-state index in [0.717, 1.165) is 16.7 Å². The Kier molecular flexibility index (Phi) is 5.22. The summed E-state index contributed by atoms with van der Waals surface area (Å²) in [5.74, 6) is 1.71. The van der Waals surface area contributed by atoms with E-state index < -0.39 is 10.0 Å². The highest BCUT2D eigenvalue weighted by atomic mass is 32.2. The van der Waals surface area contributed by atoms with Crippen molar-refractivity contribution in [2.24, 2.45) is 0 Å². The molecule has 1 unspecified atom stereocenters. The minimum atomic E-state index is -3.59. The Balaban J connectivity index is 1.63. The van der Waals surface area contributed by atoms with Gasteiger partial charge in [0.25, 0.3) is 0 Å². The van der Waals surface area contributed by atoms with Crippen LogP contribution in [0.25, 0.3) is 11.0 Å². The molecule has 2 heterocycles. The van der Waals surface area contributed by atoms with Crippen LogP contribution in [-0.4, -0.2) is 44.4 Å². The first-order valence-electron chi connectivity index (χ1n) is 8.70. The van der Waals surface area contributed by atoms with Gasteiger partial charge in [-0.15, -0.1) is 11.8 Å². The zero-order valence-electron chi connectivity index (χ0n) is 15.5. The monoisotopic (exact) mass is 420 g/mol. The molecule has 4 rings (SSSR count). The second kappa shape index (κ2) is 7.65. The number of benzene rings is 2. The number of sulfonamides is 1. The number of nitrogens with zero attached hydrogens (tertiary/aromatic N) is 2. The molecule has 0 radical (unpaired) electrons. The van der Waals surface area contributed by atoms with Gasteiger partial charge in [0, 0.05) is 17.7 Å². The Labute approximate surface area is 167 Å². The van der Waals surface area contributed by atoms with E-state index >= 15 is 0 Å². The number of hydrogen-bond donors (Lipinski definition) is 0. The molecule has 0 aliphatic carbocycles. The molecule has 3 aromatic rings. The van der Waals surface area contributed by atoms with E-state index in [0.29, 0.717) is 29.3 Å². The predicted molar refractivity (Wildman–Crippen MR) is 108 cm³/mol. The summed E-state index contributed by atoms with van der Waals surface area (Å²) in [6.45, 7) is 0.446. The number of para-hydroxylation sites is 1. The summed E-state index contributed by atoms with van der Waals surface area (Å²) >= 11 is 1.59. The highest BCUT2D eigenvalue weighted by Gasteiger charge is 2.37. The van der Waals surface area contributed by atoms with Crippen molar-refractivity contribution < 1.29 is 22.4 Å². The molecular weight excluding hydrogens is 400 g/mol. The average Bonchev–Trinajstić information content (AvgIpc) is 3.35. The van der Waals surface area contributed by atoms with Crippen molar-refractivity contribution >= 4 is 32.8 Å². The second-order valence-corrected chi connectivity index (χ2v) is 9.44. The summed E-state index contributed by atoms with van der Waals surface area (Å²) in [6.07, 6.45) is 0. The summed E-state index contributed by atoms with van der Waals surface area (Å²) in [4.78, 5) is 0. The van der Waals surface area contributed by atoms with Gasteiger partial charge in [-0.25, -0.2) is 8.42 Å². The molecule has 148 valence electrons. The SMILES string of the molecule is COc1ccc(C2SCCN2S(=O)(=O)Cc2noc3ccccc23)cc1OC. The molecule has 1 atom stereocenters. The number of thioether (sulfide) groups is 1. The van der Waals surface area contributed by atoms with Gasteiger partial charge in [-0.05, 0) is 29.8 Å². The first-order chi connectivity index (χ1) is 13.5. The molecule has 9 heteroatoms. The number of aromatic nitrogens is 1. The molecule has 7 nitrogen and oxygen atoms in total. The van der Waals surface area contributed by atoms with Gasteiger partial charge in [-0.2, -0.15) is 4.31 Å². The van der Waals surface area contributed by atoms with E-state index in [4.69, 9.17) is 14.0 Å². The molecule has 1 fully saturated rings. The van der Waals surface area contributed by atoms with Crippen molar-refractivity contribution in [3.8, 4) is 11.5 Å². The number of rotatable bonds is 6. The number of hydrogen-bond acceptors (Lipinski definition) is 7. The minimum Gasteiger partial charge on any atom is -0.493 e. The highest BCUT2D eigenvalue weighted by molar-refractivity contribution is 8.00. The highest BCUT2D eigenvalue weighted by Crippen LogP contribution is 2.43. The molecule has 2 aromatic carbocycles. The number of methoxy groups -OCH3 is 2. The topological polar surface area (TPSA) is 81.9 Å². The molecular formula is C19H20N2O5S2. The minimum absolute atomic E-state index is 0.200. The van der Waals surface area contributed by atoms with Crippen LogP contribution in [-0.2, 0) is 15.8 Å². The molecule has 0 saturated carbocycles. The van der Waals surface area contributed by atoms with Gasteiger partial charge in [-0.1, -0.05) is 23.4 Å².